The minimum Gasteiger partial charge on any atom is -0.0619 e. The van der Waals surface area contributed by atoms with Gasteiger partial charge in [-0.25, -0.2) is 0 Å². The van der Waals surface area contributed by atoms with Crippen LogP contribution in [0.2, 0.25) is 0 Å². The van der Waals surface area contributed by atoms with E-state index >= 15 is 0 Å². The molecule has 4 fully saturated rings. The molecule has 0 radical (unpaired) electrons. The van der Waals surface area contributed by atoms with Crippen LogP contribution in [-0.4, -0.2) is 0 Å². The summed E-state index contributed by atoms with van der Waals surface area (Å²) < 4.78 is 1.11. The normalized spacial score (nSPS) is 27.7. The Hall–Kier alpha value is -3.16. The van der Waals surface area contributed by atoms with Gasteiger partial charge in [0.25, 0.3) is 0 Å². The van der Waals surface area contributed by atoms with E-state index in [0.717, 1.165) is 28.1 Å². The Morgan fingerprint density at radius 3 is 1.82 bits per heavy atom. The standard InChI is InChI=1S/C38H31Br/c39-31-13-11-25(12-14-31)32-5-1-2-6-33(32)27-10-9-26-21-35-34-7-3-4-8-36(34)38(37(35)22-28(26)20-27)29-16-23-15-24(18-29)19-30(38)17-23/h1-14,20-24,29-30H,15-19H2. The Labute approximate surface area is 239 Å². The van der Waals surface area contributed by atoms with Gasteiger partial charge in [-0.15, -0.1) is 0 Å². The lowest BCUT2D eigenvalue weighted by atomic mass is 9.43. The van der Waals surface area contributed by atoms with Crippen LogP contribution < -0.4 is 0 Å². The number of rotatable bonds is 2. The second-order valence-electron chi connectivity index (χ2n) is 12.7. The minimum absolute atomic E-state index is 0.221. The van der Waals surface area contributed by atoms with Crippen molar-refractivity contribution in [3.63, 3.8) is 0 Å². The zero-order valence-electron chi connectivity index (χ0n) is 22.0. The molecule has 39 heavy (non-hydrogen) atoms. The van der Waals surface area contributed by atoms with Crippen molar-refractivity contribution in [3.05, 3.63) is 119 Å². The van der Waals surface area contributed by atoms with Crippen molar-refractivity contribution in [1.29, 1.82) is 0 Å². The van der Waals surface area contributed by atoms with E-state index in [9.17, 15) is 0 Å². The molecule has 1 heteroatoms. The molecule has 5 aliphatic rings. The highest BCUT2D eigenvalue weighted by molar-refractivity contribution is 9.10. The number of fused-ring (bicyclic) bond motifs is 4. The number of halogens is 1. The highest BCUT2D eigenvalue weighted by atomic mass is 79.9. The Bertz CT molecular complexity index is 1750. The van der Waals surface area contributed by atoms with Gasteiger partial charge in [-0.2, -0.15) is 0 Å². The van der Waals surface area contributed by atoms with E-state index in [1.165, 1.54) is 76.3 Å². The SMILES string of the molecule is Brc1ccc(-c2ccccc2-c2ccc3cc4c(cc3c2)C2(c3ccccc3-4)C3CC4CC(C3)CC2C4)cc1. The fraction of sp³-hybridized carbons (Fsp3) is 0.263. The molecule has 0 unspecified atom stereocenters. The van der Waals surface area contributed by atoms with Crippen LogP contribution in [0.3, 0.4) is 0 Å². The van der Waals surface area contributed by atoms with Crippen molar-refractivity contribution in [2.45, 2.75) is 37.5 Å². The van der Waals surface area contributed by atoms with Crippen molar-refractivity contribution < 1.29 is 0 Å². The van der Waals surface area contributed by atoms with Crippen LogP contribution in [0.1, 0.15) is 43.2 Å². The molecule has 0 amide bonds. The van der Waals surface area contributed by atoms with E-state index in [-0.39, 0.29) is 5.41 Å². The summed E-state index contributed by atoms with van der Waals surface area (Å²) in [5.74, 6) is 3.54. The van der Waals surface area contributed by atoms with Crippen LogP contribution in [0, 0.1) is 23.7 Å². The third-order valence-corrected chi connectivity index (χ3v) is 11.4. The first kappa shape index (κ1) is 22.6. The summed E-state index contributed by atoms with van der Waals surface area (Å²) in [4.78, 5) is 0. The summed E-state index contributed by atoms with van der Waals surface area (Å²) in [7, 11) is 0. The highest BCUT2D eigenvalue weighted by Crippen LogP contribution is 2.69. The maximum atomic E-state index is 3.60. The molecular formula is C38H31Br. The Morgan fingerprint density at radius 1 is 0.487 bits per heavy atom. The van der Waals surface area contributed by atoms with Crippen molar-refractivity contribution in [1.82, 2.24) is 0 Å². The van der Waals surface area contributed by atoms with Crippen LogP contribution in [-0.2, 0) is 5.41 Å². The fourth-order valence-corrected chi connectivity index (χ4v) is 9.94. The molecule has 5 aromatic rings. The van der Waals surface area contributed by atoms with Crippen molar-refractivity contribution >= 4 is 26.7 Å². The minimum atomic E-state index is 0.221. The molecule has 0 aliphatic heterocycles. The highest BCUT2D eigenvalue weighted by Gasteiger charge is 2.61. The summed E-state index contributed by atoms with van der Waals surface area (Å²) >= 11 is 3.60. The largest absolute Gasteiger partial charge is 0.0619 e. The monoisotopic (exact) mass is 566 g/mol. The van der Waals surface area contributed by atoms with E-state index in [4.69, 9.17) is 0 Å². The second-order valence-corrected chi connectivity index (χ2v) is 13.6. The topological polar surface area (TPSA) is 0 Å². The molecule has 5 aliphatic carbocycles. The van der Waals surface area contributed by atoms with Gasteiger partial charge in [0.1, 0.15) is 0 Å². The van der Waals surface area contributed by atoms with Gasteiger partial charge >= 0.3 is 0 Å². The average molecular weight is 568 g/mol. The first-order chi connectivity index (χ1) is 19.2. The Morgan fingerprint density at radius 2 is 1.10 bits per heavy atom. The van der Waals surface area contributed by atoms with E-state index < -0.39 is 0 Å². The second kappa shape index (κ2) is 8.18. The van der Waals surface area contributed by atoms with Gasteiger partial charge in [-0.1, -0.05) is 88.7 Å². The van der Waals surface area contributed by atoms with Gasteiger partial charge in [0.2, 0.25) is 0 Å². The van der Waals surface area contributed by atoms with Gasteiger partial charge in [0, 0.05) is 9.89 Å². The molecular weight excluding hydrogens is 536 g/mol. The zero-order valence-corrected chi connectivity index (χ0v) is 23.6. The average Bonchev–Trinajstić information content (AvgIpc) is 3.24. The summed E-state index contributed by atoms with van der Waals surface area (Å²) in [6.45, 7) is 0. The van der Waals surface area contributed by atoms with Crippen LogP contribution in [0.4, 0.5) is 0 Å². The lowest BCUT2D eigenvalue weighted by Gasteiger charge is -2.61. The lowest BCUT2D eigenvalue weighted by molar-refractivity contribution is -0.0399. The van der Waals surface area contributed by atoms with Crippen molar-refractivity contribution in [2.75, 3.05) is 0 Å². The summed E-state index contributed by atoms with van der Waals surface area (Å²) in [5.41, 5.74) is 11.7. The van der Waals surface area contributed by atoms with Crippen LogP contribution in [0.5, 0.6) is 0 Å². The summed E-state index contributed by atoms with van der Waals surface area (Å²) in [6.07, 6.45) is 7.22. The molecule has 0 N–H and O–H groups in total. The summed E-state index contributed by atoms with van der Waals surface area (Å²) in [6, 6.07) is 39.3. The van der Waals surface area contributed by atoms with Gasteiger partial charge < -0.3 is 0 Å². The van der Waals surface area contributed by atoms with E-state index in [1.807, 2.05) is 0 Å². The maximum absolute atomic E-state index is 3.60. The molecule has 1 spiro atoms. The third kappa shape index (κ3) is 3.11. The predicted octanol–water partition coefficient (Wildman–Crippen LogP) is 10.7. The van der Waals surface area contributed by atoms with Crippen molar-refractivity contribution in [3.8, 4) is 33.4 Å². The maximum Gasteiger partial charge on any atom is 0.0272 e. The molecule has 190 valence electrons. The van der Waals surface area contributed by atoms with E-state index in [2.05, 4.69) is 119 Å². The van der Waals surface area contributed by atoms with Gasteiger partial charge in [-0.05, 0) is 141 Å². The van der Waals surface area contributed by atoms with E-state index in [0.29, 0.717) is 0 Å². The molecule has 4 saturated carbocycles. The number of hydrogen-bond donors (Lipinski definition) is 0. The molecule has 10 rings (SSSR count). The first-order valence-electron chi connectivity index (χ1n) is 14.7. The molecule has 0 heterocycles. The van der Waals surface area contributed by atoms with Crippen LogP contribution >= 0.6 is 15.9 Å². The Balaban J connectivity index is 1.24. The summed E-state index contributed by atoms with van der Waals surface area (Å²) in [5, 5.41) is 2.74. The molecule has 4 bridgehead atoms. The molecule has 0 nitrogen and oxygen atoms in total. The fourth-order valence-electron chi connectivity index (χ4n) is 9.68. The van der Waals surface area contributed by atoms with E-state index in [1.54, 1.807) is 11.1 Å². The molecule has 0 atom stereocenters. The third-order valence-electron chi connectivity index (χ3n) is 10.9. The quantitative estimate of drug-likeness (QED) is 0.199. The number of hydrogen-bond acceptors (Lipinski definition) is 0. The zero-order chi connectivity index (χ0) is 25.7. The van der Waals surface area contributed by atoms with Crippen LogP contribution in [0.25, 0.3) is 44.2 Å². The Kier molecular flexibility index (Phi) is 4.75. The number of benzene rings is 5. The molecule has 0 saturated heterocycles. The predicted molar refractivity (Wildman–Crippen MR) is 166 cm³/mol. The van der Waals surface area contributed by atoms with Gasteiger partial charge in [-0.3, -0.25) is 0 Å². The molecule has 5 aromatic carbocycles. The first-order valence-corrected chi connectivity index (χ1v) is 15.5. The lowest BCUT2D eigenvalue weighted by Crippen LogP contribution is -2.55. The van der Waals surface area contributed by atoms with Crippen molar-refractivity contribution in [2.24, 2.45) is 23.7 Å². The smallest absolute Gasteiger partial charge is 0.0272 e. The van der Waals surface area contributed by atoms with Gasteiger partial charge in [0.05, 0.1) is 0 Å². The van der Waals surface area contributed by atoms with Gasteiger partial charge in [0.15, 0.2) is 0 Å². The van der Waals surface area contributed by atoms with Crippen LogP contribution in [0.15, 0.2) is 108 Å². The molecule has 0 aromatic heterocycles.